The number of nitrogens with one attached hydrogen (secondary N) is 1. The van der Waals surface area contributed by atoms with Crippen LogP contribution in [0.5, 0.6) is 0 Å². The Labute approximate surface area is 119 Å². The molecular formula is C14H24N2O2S. The summed E-state index contributed by atoms with van der Waals surface area (Å²) in [7, 11) is 0. The number of piperazine rings is 1. The van der Waals surface area contributed by atoms with Crippen molar-refractivity contribution in [2.45, 2.75) is 56.2 Å². The molecule has 1 aliphatic heterocycles. The lowest BCUT2D eigenvalue weighted by Crippen LogP contribution is -2.65. The van der Waals surface area contributed by atoms with E-state index in [0.29, 0.717) is 6.54 Å². The first kappa shape index (κ1) is 14.7. The van der Waals surface area contributed by atoms with E-state index in [2.05, 4.69) is 11.6 Å². The molecule has 0 unspecified atom stereocenters. The lowest BCUT2D eigenvalue weighted by molar-refractivity contribution is -0.148. The van der Waals surface area contributed by atoms with E-state index < -0.39 is 5.54 Å². The maximum atomic E-state index is 12.4. The second kappa shape index (κ2) is 5.35. The number of thioether (sulfide) groups is 1. The normalized spacial score (nSPS) is 26.2. The van der Waals surface area contributed by atoms with Crippen LogP contribution >= 0.6 is 11.8 Å². The Morgan fingerprint density at radius 2 is 1.84 bits per heavy atom. The second-order valence-electron chi connectivity index (χ2n) is 6.28. The van der Waals surface area contributed by atoms with Crippen molar-refractivity contribution < 1.29 is 9.59 Å². The highest BCUT2D eigenvalue weighted by Gasteiger charge is 2.43. The molecular weight excluding hydrogens is 260 g/mol. The van der Waals surface area contributed by atoms with Crippen molar-refractivity contribution in [3.8, 4) is 0 Å². The number of carbonyl (C=O) groups is 2. The molecule has 1 saturated carbocycles. The summed E-state index contributed by atoms with van der Waals surface area (Å²) in [6.07, 6.45) is 8.20. The maximum absolute atomic E-state index is 12.4. The molecule has 0 radical (unpaired) electrons. The van der Waals surface area contributed by atoms with Crippen molar-refractivity contribution in [3.63, 3.8) is 0 Å². The molecule has 0 aromatic heterocycles. The fourth-order valence-corrected chi connectivity index (χ4v) is 4.16. The number of hydrogen-bond acceptors (Lipinski definition) is 3. The van der Waals surface area contributed by atoms with Gasteiger partial charge in [-0.05, 0) is 32.9 Å². The highest BCUT2D eigenvalue weighted by atomic mass is 32.2. The van der Waals surface area contributed by atoms with Crippen LogP contribution in [0.2, 0.25) is 0 Å². The van der Waals surface area contributed by atoms with Gasteiger partial charge in [-0.3, -0.25) is 9.59 Å². The molecule has 0 aromatic rings. The van der Waals surface area contributed by atoms with Gasteiger partial charge in [0.05, 0.1) is 6.54 Å². The molecule has 1 heterocycles. The average Bonchev–Trinajstić information content (AvgIpc) is 2.36. The van der Waals surface area contributed by atoms with Crippen molar-refractivity contribution in [2.24, 2.45) is 0 Å². The van der Waals surface area contributed by atoms with E-state index in [1.54, 1.807) is 18.7 Å². The number of nitrogens with zero attached hydrogens (tertiary/aromatic N) is 1. The van der Waals surface area contributed by atoms with E-state index in [1.165, 1.54) is 19.3 Å². The minimum Gasteiger partial charge on any atom is -0.341 e. The molecule has 2 aliphatic rings. The average molecular weight is 284 g/mol. The quantitative estimate of drug-likeness (QED) is 0.859. The van der Waals surface area contributed by atoms with E-state index >= 15 is 0 Å². The standard InChI is InChI=1S/C14H24N2O2S/c1-13(2)12(18)16(9-11(17)15-13)10-14(19-3)7-5-4-6-8-14/h4-10H2,1-3H3,(H,15,17). The van der Waals surface area contributed by atoms with Crippen LogP contribution in [0.15, 0.2) is 0 Å². The molecule has 1 saturated heterocycles. The van der Waals surface area contributed by atoms with Crippen LogP contribution < -0.4 is 5.32 Å². The van der Waals surface area contributed by atoms with Gasteiger partial charge < -0.3 is 10.2 Å². The molecule has 2 fully saturated rings. The van der Waals surface area contributed by atoms with Crippen molar-refractivity contribution in [3.05, 3.63) is 0 Å². The first-order valence-corrected chi connectivity index (χ1v) is 8.27. The van der Waals surface area contributed by atoms with Gasteiger partial charge in [-0.1, -0.05) is 19.3 Å². The zero-order valence-corrected chi connectivity index (χ0v) is 12.9. The maximum Gasteiger partial charge on any atom is 0.248 e. The Hall–Kier alpha value is -0.710. The molecule has 0 spiro atoms. The van der Waals surface area contributed by atoms with E-state index in [4.69, 9.17) is 0 Å². The molecule has 5 heteroatoms. The van der Waals surface area contributed by atoms with E-state index in [-0.39, 0.29) is 23.1 Å². The number of hydrogen-bond donors (Lipinski definition) is 1. The van der Waals surface area contributed by atoms with Crippen molar-refractivity contribution in [1.82, 2.24) is 10.2 Å². The number of rotatable bonds is 3. The molecule has 2 amide bonds. The third kappa shape index (κ3) is 3.07. The van der Waals surface area contributed by atoms with Crippen LogP contribution in [0, 0.1) is 0 Å². The van der Waals surface area contributed by atoms with Gasteiger partial charge in [0.15, 0.2) is 0 Å². The Kier molecular flexibility index (Phi) is 4.14. The highest BCUT2D eigenvalue weighted by Crippen LogP contribution is 2.39. The zero-order chi connectivity index (χ0) is 14.1. The Morgan fingerprint density at radius 1 is 1.21 bits per heavy atom. The molecule has 0 aromatic carbocycles. The predicted octanol–water partition coefficient (Wildman–Crippen LogP) is 1.79. The summed E-state index contributed by atoms with van der Waals surface area (Å²) in [6.45, 7) is 4.49. The van der Waals surface area contributed by atoms with E-state index in [9.17, 15) is 9.59 Å². The summed E-state index contributed by atoms with van der Waals surface area (Å²) < 4.78 is 0.154. The first-order valence-electron chi connectivity index (χ1n) is 7.04. The SMILES string of the molecule is CSC1(CN2CC(=O)NC(C)(C)C2=O)CCCCC1. The largest absolute Gasteiger partial charge is 0.341 e. The molecule has 19 heavy (non-hydrogen) atoms. The molecule has 0 atom stereocenters. The second-order valence-corrected chi connectivity index (χ2v) is 7.56. The van der Waals surface area contributed by atoms with Crippen molar-refractivity contribution >= 4 is 23.6 Å². The van der Waals surface area contributed by atoms with Gasteiger partial charge in [-0.2, -0.15) is 11.8 Å². The van der Waals surface area contributed by atoms with Crippen LogP contribution in [0.25, 0.3) is 0 Å². The van der Waals surface area contributed by atoms with Crippen molar-refractivity contribution in [2.75, 3.05) is 19.3 Å². The molecule has 1 aliphatic carbocycles. The van der Waals surface area contributed by atoms with Crippen LogP contribution in [-0.2, 0) is 9.59 Å². The number of carbonyl (C=O) groups excluding carboxylic acids is 2. The topological polar surface area (TPSA) is 49.4 Å². The minimum absolute atomic E-state index is 0.0448. The highest BCUT2D eigenvalue weighted by molar-refractivity contribution is 8.00. The molecule has 1 N–H and O–H groups in total. The molecule has 4 nitrogen and oxygen atoms in total. The summed E-state index contributed by atoms with van der Waals surface area (Å²) in [6, 6.07) is 0. The third-order valence-electron chi connectivity index (χ3n) is 4.29. The molecule has 0 bridgehead atoms. The fourth-order valence-electron chi connectivity index (χ4n) is 3.18. The lowest BCUT2D eigenvalue weighted by Gasteiger charge is -2.44. The van der Waals surface area contributed by atoms with Gasteiger partial charge in [0.25, 0.3) is 0 Å². The van der Waals surface area contributed by atoms with Gasteiger partial charge in [-0.25, -0.2) is 0 Å². The van der Waals surface area contributed by atoms with E-state index in [0.717, 1.165) is 12.8 Å². The van der Waals surface area contributed by atoms with Crippen LogP contribution in [0.1, 0.15) is 46.0 Å². The van der Waals surface area contributed by atoms with Gasteiger partial charge in [0, 0.05) is 11.3 Å². The molecule has 2 rings (SSSR count). The zero-order valence-electron chi connectivity index (χ0n) is 12.1. The number of amides is 2. The summed E-state index contributed by atoms with van der Waals surface area (Å²) in [5, 5.41) is 2.77. The lowest BCUT2D eigenvalue weighted by atomic mass is 9.87. The Morgan fingerprint density at radius 3 is 2.42 bits per heavy atom. The Balaban J connectivity index is 2.12. The van der Waals surface area contributed by atoms with Crippen molar-refractivity contribution in [1.29, 1.82) is 0 Å². The minimum atomic E-state index is -0.760. The fraction of sp³-hybridized carbons (Fsp3) is 0.857. The van der Waals surface area contributed by atoms with Gasteiger partial charge in [0.1, 0.15) is 5.54 Å². The third-order valence-corrected chi connectivity index (χ3v) is 5.69. The summed E-state index contributed by atoms with van der Waals surface area (Å²) in [5.74, 6) is 0.00256. The monoisotopic (exact) mass is 284 g/mol. The van der Waals surface area contributed by atoms with Crippen LogP contribution in [0.4, 0.5) is 0 Å². The summed E-state index contributed by atoms with van der Waals surface area (Å²) >= 11 is 1.86. The van der Waals surface area contributed by atoms with Crippen LogP contribution in [0.3, 0.4) is 0 Å². The molecule has 108 valence electrons. The Bertz CT molecular complexity index is 376. The van der Waals surface area contributed by atoms with Crippen LogP contribution in [-0.4, -0.2) is 46.3 Å². The first-order chi connectivity index (χ1) is 8.88. The van der Waals surface area contributed by atoms with Gasteiger partial charge >= 0.3 is 0 Å². The smallest absolute Gasteiger partial charge is 0.248 e. The van der Waals surface area contributed by atoms with E-state index in [1.807, 2.05) is 11.8 Å². The van der Waals surface area contributed by atoms with Gasteiger partial charge in [-0.15, -0.1) is 0 Å². The van der Waals surface area contributed by atoms with Gasteiger partial charge in [0.2, 0.25) is 11.8 Å². The summed E-state index contributed by atoms with van der Waals surface area (Å²) in [5.41, 5.74) is -0.760. The summed E-state index contributed by atoms with van der Waals surface area (Å²) in [4.78, 5) is 25.9. The predicted molar refractivity (Wildman–Crippen MR) is 78.1 cm³/mol.